The van der Waals surface area contributed by atoms with Crippen LogP contribution in [0.5, 0.6) is 0 Å². The van der Waals surface area contributed by atoms with Gasteiger partial charge in [-0.3, -0.25) is 4.79 Å². The second-order valence-electron chi connectivity index (χ2n) is 3.46. The third kappa shape index (κ3) is 4.64. The first kappa shape index (κ1) is 14.9. The Labute approximate surface area is 117 Å². The lowest BCUT2D eigenvalue weighted by Gasteiger charge is -2.10. The van der Waals surface area contributed by atoms with Crippen molar-refractivity contribution < 1.29 is 19.4 Å². The number of carboxylic acid groups (broad SMARTS) is 1. The molecule has 0 aliphatic carbocycles. The van der Waals surface area contributed by atoms with Gasteiger partial charge >= 0.3 is 5.97 Å². The average Bonchev–Trinajstić information content (AvgIpc) is 2.29. The van der Waals surface area contributed by atoms with Crippen LogP contribution in [0.15, 0.2) is 22.7 Å². The minimum Gasteiger partial charge on any atom is -0.479 e. The maximum atomic E-state index is 11.5. The molecule has 0 fully saturated rings. The van der Waals surface area contributed by atoms with E-state index in [-0.39, 0.29) is 6.61 Å². The van der Waals surface area contributed by atoms with E-state index in [4.69, 9.17) is 21.4 Å². The SMILES string of the molecule is CC(OCC(=O)Nc1ccc(Br)cc1Cl)C(=O)O. The molecule has 0 aliphatic rings. The number of aliphatic carboxylic acids is 1. The summed E-state index contributed by atoms with van der Waals surface area (Å²) in [5, 5.41) is 11.5. The van der Waals surface area contributed by atoms with Gasteiger partial charge in [-0.25, -0.2) is 4.79 Å². The van der Waals surface area contributed by atoms with Crippen LogP contribution in [0.4, 0.5) is 5.69 Å². The molecule has 0 saturated heterocycles. The van der Waals surface area contributed by atoms with Crippen molar-refractivity contribution in [1.82, 2.24) is 0 Å². The molecule has 1 amide bonds. The van der Waals surface area contributed by atoms with E-state index in [0.717, 1.165) is 4.47 Å². The highest BCUT2D eigenvalue weighted by atomic mass is 79.9. The number of hydrogen-bond acceptors (Lipinski definition) is 3. The Morgan fingerprint density at radius 3 is 2.78 bits per heavy atom. The summed E-state index contributed by atoms with van der Waals surface area (Å²) in [6, 6.07) is 4.99. The Morgan fingerprint density at radius 1 is 1.56 bits per heavy atom. The largest absolute Gasteiger partial charge is 0.479 e. The Morgan fingerprint density at radius 2 is 2.22 bits per heavy atom. The number of carbonyl (C=O) groups is 2. The molecule has 0 spiro atoms. The number of carboxylic acids is 1. The number of rotatable bonds is 5. The van der Waals surface area contributed by atoms with Crippen molar-refractivity contribution in [3.63, 3.8) is 0 Å². The van der Waals surface area contributed by atoms with Gasteiger partial charge in [-0.2, -0.15) is 0 Å². The quantitative estimate of drug-likeness (QED) is 0.866. The van der Waals surface area contributed by atoms with Crippen LogP contribution in [0, 0.1) is 0 Å². The van der Waals surface area contributed by atoms with E-state index in [1.165, 1.54) is 6.92 Å². The molecule has 1 aromatic rings. The Balaban J connectivity index is 2.52. The molecule has 0 bridgehead atoms. The van der Waals surface area contributed by atoms with Crippen molar-refractivity contribution in [1.29, 1.82) is 0 Å². The number of nitrogens with one attached hydrogen (secondary N) is 1. The van der Waals surface area contributed by atoms with E-state index in [1.807, 2.05) is 0 Å². The second-order valence-corrected chi connectivity index (χ2v) is 4.79. The molecule has 0 heterocycles. The van der Waals surface area contributed by atoms with E-state index < -0.39 is 18.0 Å². The predicted molar refractivity (Wildman–Crippen MR) is 70.8 cm³/mol. The van der Waals surface area contributed by atoms with Gasteiger partial charge in [-0.05, 0) is 25.1 Å². The zero-order valence-corrected chi connectivity index (χ0v) is 11.8. The van der Waals surface area contributed by atoms with Gasteiger partial charge < -0.3 is 15.2 Å². The van der Waals surface area contributed by atoms with Gasteiger partial charge in [-0.1, -0.05) is 27.5 Å². The Hall–Kier alpha value is -1.11. The van der Waals surface area contributed by atoms with Crippen molar-refractivity contribution >= 4 is 45.1 Å². The molecule has 7 heteroatoms. The summed E-state index contributed by atoms with van der Waals surface area (Å²) in [5.74, 6) is -1.59. The minimum absolute atomic E-state index is 0.347. The third-order valence-electron chi connectivity index (χ3n) is 2.02. The standard InChI is InChI=1S/C11H11BrClNO4/c1-6(11(16)17)18-5-10(15)14-9-3-2-7(12)4-8(9)13/h2-4,6H,5H2,1H3,(H,14,15)(H,16,17). The van der Waals surface area contributed by atoms with Gasteiger partial charge in [0.15, 0.2) is 6.10 Å². The lowest BCUT2D eigenvalue weighted by atomic mass is 10.3. The van der Waals surface area contributed by atoms with Crippen LogP contribution in [-0.2, 0) is 14.3 Å². The summed E-state index contributed by atoms with van der Waals surface area (Å²) in [4.78, 5) is 22.0. The van der Waals surface area contributed by atoms with Crippen LogP contribution in [0.25, 0.3) is 0 Å². The zero-order chi connectivity index (χ0) is 13.7. The number of carbonyl (C=O) groups excluding carboxylic acids is 1. The Kier molecular flexibility index (Phi) is 5.58. The van der Waals surface area contributed by atoms with Crippen molar-refractivity contribution in [2.75, 3.05) is 11.9 Å². The van der Waals surface area contributed by atoms with Crippen LogP contribution in [-0.4, -0.2) is 29.7 Å². The van der Waals surface area contributed by atoms with E-state index in [9.17, 15) is 9.59 Å². The summed E-state index contributed by atoms with van der Waals surface area (Å²) < 4.78 is 5.63. The number of anilines is 1. The molecular formula is C11H11BrClNO4. The van der Waals surface area contributed by atoms with Crippen LogP contribution >= 0.6 is 27.5 Å². The monoisotopic (exact) mass is 335 g/mol. The average molecular weight is 337 g/mol. The van der Waals surface area contributed by atoms with Crippen LogP contribution in [0.1, 0.15) is 6.92 Å². The number of halogens is 2. The lowest BCUT2D eigenvalue weighted by Crippen LogP contribution is -2.26. The van der Waals surface area contributed by atoms with Crippen LogP contribution in [0.3, 0.4) is 0 Å². The molecule has 0 saturated carbocycles. The van der Waals surface area contributed by atoms with Crippen LogP contribution < -0.4 is 5.32 Å². The molecule has 5 nitrogen and oxygen atoms in total. The van der Waals surface area contributed by atoms with Crippen molar-refractivity contribution in [3.8, 4) is 0 Å². The smallest absolute Gasteiger partial charge is 0.332 e. The molecule has 0 aromatic heterocycles. The van der Waals surface area contributed by atoms with E-state index in [0.29, 0.717) is 10.7 Å². The maximum absolute atomic E-state index is 11.5. The van der Waals surface area contributed by atoms with Crippen LogP contribution in [0.2, 0.25) is 5.02 Å². The molecule has 1 atom stereocenters. The van der Waals surface area contributed by atoms with Crippen molar-refractivity contribution in [2.24, 2.45) is 0 Å². The third-order valence-corrected chi connectivity index (χ3v) is 2.82. The Bertz CT molecular complexity index is 466. The molecule has 1 unspecified atom stereocenters. The number of benzene rings is 1. The summed E-state index contributed by atoms with van der Waals surface area (Å²) in [5.41, 5.74) is 0.441. The first-order valence-corrected chi connectivity index (χ1v) is 6.16. The topological polar surface area (TPSA) is 75.6 Å². The number of ether oxygens (including phenoxy) is 1. The molecule has 0 radical (unpaired) electrons. The molecule has 2 N–H and O–H groups in total. The highest BCUT2D eigenvalue weighted by Gasteiger charge is 2.13. The zero-order valence-electron chi connectivity index (χ0n) is 9.44. The molecule has 0 aliphatic heterocycles. The highest BCUT2D eigenvalue weighted by molar-refractivity contribution is 9.10. The van der Waals surface area contributed by atoms with E-state index >= 15 is 0 Å². The van der Waals surface area contributed by atoms with Gasteiger partial charge in [0.2, 0.25) is 5.91 Å². The van der Waals surface area contributed by atoms with E-state index in [1.54, 1.807) is 18.2 Å². The van der Waals surface area contributed by atoms with Gasteiger partial charge in [0.1, 0.15) is 6.61 Å². The van der Waals surface area contributed by atoms with Crippen molar-refractivity contribution in [2.45, 2.75) is 13.0 Å². The van der Waals surface area contributed by atoms with E-state index in [2.05, 4.69) is 21.2 Å². The number of amides is 1. The van der Waals surface area contributed by atoms with Crippen molar-refractivity contribution in [3.05, 3.63) is 27.7 Å². The summed E-state index contributed by atoms with van der Waals surface area (Å²) >= 11 is 9.15. The summed E-state index contributed by atoms with van der Waals surface area (Å²) in [7, 11) is 0. The highest BCUT2D eigenvalue weighted by Crippen LogP contribution is 2.25. The fourth-order valence-corrected chi connectivity index (χ4v) is 1.77. The first-order valence-electron chi connectivity index (χ1n) is 4.99. The lowest BCUT2D eigenvalue weighted by molar-refractivity contribution is -0.150. The summed E-state index contributed by atoms with van der Waals surface area (Å²) in [6.45, 7) is 1.00. The molecule has 98 valence electrons. The minimum atomic E-state index is -1.12. The molecular weight excluding hydrogens is 325 g/mol. The van der Waals surface area contributed by atoms with Gasteiger partial charge in [0.05, 0.1) is 10.7 Å². The second kappa shape index (κ2) is 6.72. The first-order chi connectivity index (χ1) is 8.40. The number of hydrogen-bond donors (Lipinski definition) is 2. The van der Waals surface area contributed by atoms with Gasteiger partial charge in [0, 0.05) is 4.47 Å². The van der Waals surface area contributed by atoms with Gasteiger partial charge in [-0.15, -0.1) is 0 Å². The maximum Gasteiger partial charge on any atom is 0.332 e. The van der Waals surface area contributed by atoms with Gasteiger partial charge in [0.25, 0.3) is 0 Å². The fourth-order valence-electron chi connectivity index (χ4n) is 1.05. The molecule has 1 aromatic carbocycles. The summed E-state index contributed by atoms with van der Waals surface area (Å²) in [6.07, 6.45) is -1.03. The molecule has 18 heavy (non-hydrogen) atoms. The molecule has 1 rings (SSSR count). The normalized spacial score (nSPS) is 11.9. The predicted octanol–water partition coefficient (Wildman–Crippen LogP) is 2.53. The fraction of sp³-hybridized carbons (Fsp3) is 0.273.